The highest BCUT2D eigenvalue weighted by Gasteiger charge is 2.24. The number of nitrogens with zero attached hydrogens (tertiary/aromatic N) is 1. The zero-order valence-electron chi connectivity index (χ0n) is 9.81. The van der Waals surface area contributed by atoms with Crippen molar-refractivity contribution in [1.82, 2.24) is 10.2 Å². The lowest BCUT2D eigenvalue weighted by atomic mass is 10.2. The van der Waals surface area contributed by atoms with Crippen LogP contribution in [0.25, 0.3) is 0 Å². The van der Waals surface area contributed by atoms with Crippen molar-refractivity contribution in [3.05, 3.63) is 12.2 Å². The number of alkyl carbamates (subject to hydrolysis) is 1. The zero-order chi connectivity index (χ0) is 14.5. The Labute approximate surface area is 125 Å². The van der Waals surface area contributed by atoms with Gasteiger partial charge in [0.05, 0.1) is 6.04 Å². The third kappa shape index (κ3) is 6.22. The Kier molecular flexibility index (Phi) is 6.03. The van der Waals surface area contributed by atoms with Crippen molar-refractivity contribution in [1.29, 1.82) is 0 Å². The molecular formula is C10H13Cl3N2O4. The molecule has 0 bridgehead atoms. The third-order valence-corrected chi connectivity index (χ3v) is 2.71. The number of carbonyl (C=O) groups excluding carboxylic acids is 1. The van der Waals surface area contributed by atoms with Gasteiger partial charge in [-0.3, -0.25) is 4.90 Å². The van der Waals surface area contributed by atoms with E-state index >= 15 is 0 Å². The number of carbonyl (C=O) groups is 2. The Bertz CT molecular complexity index is 370. The first-order valence-corrected chi connectivity index (χ1v) is 6.56. The number of hydrogen-bond acceptors (Lipinski definition) is 3. The molecule has 0 aliphatic carbocycles. The summed E-state index contributed by atoms with van der Waals surface area (Å²) >= 11 is 16.2. The molecule has 0 fully saturated rings. The molecular weight excluding hydrogens is 318 g/mol. The number of hydrogen-bond donors (Lipinski definition) is 2. The van der Waals surface area contributed by atoms with Crippen LogP contribution in [0.3, 0.4) is 0 Å². The second-order valence-corrected chi connectivity index (χ2v) is 6.35. The van der Waals surface area contributed by atoms with Gasteiger partial charge in [0.1, 0.15) is 6.61 Å². The van der Waals surface area contributed by atoms with E-state index in [-0.39, 0.29) is 19.2 Å². The van der Waals surface area contributed by atoms with Crippen LogP contribution in [0.1, 0.15) is 6.42 Å². The molecule has 6 nitrogen and oxygen atoms in total. The van der Waals surface area contributed by atoms with Gasteiger partial charge in [0.2, 0.25) is 3.79 Å². The van der Waals surface area contributed by atoms with Crippen molar-refractivity contribution in [2.24, 2.45) is 0 Å². The molecule has 19 heavy (non-hydrogen) atoms. The largest absolute Gasteiger partial charge is 0.465 e. The molecule has 1 aliphatic rings. The van der Waals surface area contributed by atoms with Crippen LogP contribution in [0.5, 0.6) is 0 Å². The topological polar surface area (TPSA) is 78.9 Å². The van der Waals surface area contributed by atoms with Crippen LogP contribution in [-0.4, -0.2) is 51.7 Å². The second-order valence-electron chi connectivity index (χ2n) is 3.84. The van der Waals surface area contributed by atoms with E-state index in [0.29, 0.717) is 13.0 Å². The Hall–Kier alpha value is -0.850. The summed E-state index contributed by atoms with van der Waals surface area (Å²) in [6.07, 6.45) is 2.29. The summed E-state index contributed by atoms with van der Waals surface area (Å²) < 4.78 is 3.00. The van der Waals surface area contributed by atoms with E-state index in [1.165, 1.54) is 4.90 Å². The average molecular weight is 332 g/mol. The second kappa shape index (κ2) is 7.07. The fraction of sp³-hybridized carbons (Fsp3) is 0.600. The van der Waals surface area contributed by atoms with Gasteiger partial charge in [0.25, 0.3) is 0 Å². The van der Waals surface area contributed by atoms with Crippen LogP contribution in [0.15, 0.2) is 12.2 Å². The quantitative estimate of drug-likeness (QED) is 0.612. The van der Waals surface area contributed by atoms with Crippen molar-refractivity contribution >= 4 is 47.0 Å². The summed E-state index contributed by atoms with van der Waals surface area (Å²) in [7, 11) is 0. The Balaban J connectivity index is 2.21. The maximum absolute atomic E-state index is 11.2. The number of ether oxygens (including phenoxy) is 1. The number of nitrogens with one attached hydrogen (secondary N) is 1. The molecule has 1 heterocycles. The highest BCUT2D eigenvalue weighted by atomic mass is 35.6. The molecule has 1 rings (SSSR count). The standard InChI is InChI=1S/C10H13Cl3N2O4/c11-10(12,13)6-19-8(16)14-4-3-7-2-1-5-15(7)9(17)18/h1-2,7H,3-6H2,(H,14,16)(H,17,18). The molecule has 0 aromatic carbocycles. The average Bonchev–Trinajstić information content (AvgIpc) is 2.74. The number of carboxylic acid groups (broad SMARTS) is 1. The van der Waals surface area contributed by atoms with Crippen LogP contribution in [0.4, 0.5) is 9.59 Å². The van der Waals surface area contributed by atoms with Crippen LogP contribution in [0.2, 0.25) is 0 Å². The molecule has 1 aliphatic heterocycles. The van der Waals surface area contributed by atoms with E-state index in [1.54, 1.807) is 12.2 Å². The van der Waals surface area contributed by atoms with Crippen LogP contribution in [-0.2, 0) is 4.74 Å². The molecule has 1 atom stereocenters. The molecule has 0 saturated carbocycles. The van der Waals surface area contributed by atoms with E-state index in [9.17, 15) is 9.59 Å². The third-order valence-electron chi connectivity index (χ3n) is 2.38. The summed E-state index contributed by atoms with van der Waals surface area (Å²) in [5.74, 6) is 0. The lowest BCUT2D eigenvalue weighted by Crippen LogP contribution is -2.38. The normalized spacial score (nSPS) is 18.5. The van der Waals surface area contributed by atoms with Gasteiger partial charge in [-0.2, -0.15) is 0 Å². The highest BCUT2D eigenvalue weighted by molar-refractivity contribution is 6.67. The zero-order valence-corrected chi connectivity index (χ0v) is 12.1. The van der Waals surface area contributed by atoms with Crippen molar-refractivity contribution in [2.75, 3.05) is 19.7 Å². The number of rotatable bonds is 4. The molecule has 2 N–H and O–H groups in total. The van der Waals surface area contributed by atoms with E-state index in [2.05, 4.69) is 10.1 Å². The van der Waals surface area contributed by atoms with Gasteiger partial charge in [-0.05, 0) is 6.42 Å². The van der Waals surface area contributed by atoms with E-state index < -0.39 is 16.0 Å². The predicted octanol–water partition coefficient (Wildman–Crippen LogP) is 2.39. The fourth-order valence-electron chi connectivity index (χ4n) is 1.56. The molecule has 2 amide bonds. The lowest BCUT2D eigenvalue weighted by molar-refractivity contribution is 0.139. The van der Waals surface area contributed by atoms with Gasteiger partial charge in [-0.1, -0.05) is 47.0 Å². The monoisotopic (exact) mass is 330 g/mol. The van der Waals surface area contributed by atoms with Crippen molar-refractivity contribution < 1.29 is 19.4 Å². The minimum atomic E-state index is -1.65. The Morgan fingerprint density at radius 1 is 1.47 bits per heavy atom. The molecule has 0 aromatic rings. The van der Waals surface area contributed by atoms with Crippen LogP contribution >= 0.6 is 34.8 Å². The lowest BCUT2D eigenvalue weighted by Gasteiger charge is -2.21. The molecule has 0 radical (unpaired) electrons. The first-order chi connectivity index (χ1) is 8.79. The van der Waals surface area contributed by atoms with Crippen molar-refractivity contribution in [3.63, 3.8) is 0 Å². The van der Waals surface area contributed by atoms with Crippen molar-refractivity contribution in [2.45, 2.75) is 16.3 Å². The summed E-state index contributed by atoms with van der Waals surface area (Å²) in [6, 6.07) is -0.244. The minimum absolute atomic E-state index is 0.244. The van der Waals surface area contributed by atoms with E-state index in [0.717, 1.165) is 0 Å². The summed E-state index contributed by atoms with van der Waals surface area (Å²) in [5.41, 5.74) is 0. The van der Waals surface area contributed by atoms with Gasteiger partial charge in [0.15, 0.2) is 0 Å². The fourth-order valence-corrected chi connectivity index (χ4v) is 1.73. The Morgan fingerprint density at radius 2 is 2.16 bits per heavy atom. The molecule has 9 heteroatoms. The predicted molar refractivity (Wildman–Crippen MR) is 71.9 cm³/mol. The van der Waals surface area contributed by atoms with Gasteiger partial charge < -0.3 is 15.2 Å². The molecule has 108 valence electrons. The maximum atomic E-state index is 11.2. The van der Waals surface area contributed by atoms with Gasteiger partial charge in [-0.15, -0.1) is 0 Å². The van der Waals surface area contributed by atoms with E-state index in [1.807, 2.05) is 0 Å². The van der Waals surface area contributed by atoms with Crippen molar-refractivity contribution in [3.8, 4) is 0 Å². The number of alkyl halides is 3. The van der Waals surface area contributed by atoms with E-state index in [4.69, 9.17) is 39.9 Å². The molecule has 0 aromatic heterocycles. The molecule has 1 unspecified atom stereocenters. The van der Waals surface area contributed by atoms with Gasteiger partial charge in [-0.25, -0.2) is 9.59 Å². The van der Waals surface area contributed by atoms with Gasteiger partial charge in [0, 0.05) is 13.1 Å². The number of halogens is 3. The smallest absolute Gasteiger partial charge is 0.408 e. The summed E-state index contributed by atoms with van der Waals surface area (Å²) in [6.45, 7) is 0.267. The van der Waals surface area contributed by atoms with Gasteiger partial charge >= 0.3 is 12.2 Å². The molecule has 0 saturated heterocycles. The first kappa shape index (κ1) is 16.2. The van der Waals surface area contributed by atoms with Crippen LogP contribution < -0.4 is 5.32 Å². The van der Waals surface area contributed by atoms with Crippen LogP contribution in [0, 0.1) is 0 Å². The highest BCUT2D eigenvalue weighted by Crippen LogP contribution is 2.25. The Morgan fingerprint density at radius 3 is 2.74 bits per heavy atom. The maximum Gasteiger partial charge on any atom is 0.408 e. The first-order valence-electron chi connectivity index (χ1n) is 5.43. The number of amides is 2. The summed E-state index contributed by atoms with van der Waals surface area (Å²) in [5, 5.41) is 11.3. The summed E-state index contributed by atoms with van der Waals surface area (Å²) in [4.78, 5) is 23.3. The SMILES string of the molecule is O=C(NCCC1C=CCN1C(=O)O)OCC(Cl)(Cl)Cl. The molecule has 0 spiro atoms. The minimum Gasteiger partial charge on any atom is -0.465 e.